The smallest absolute Gasteiger partial charge is 0.0682 e. The average Bonchev–Trinajstić information content (AvgIpc) is 2.42. The second-order valence-corrected chi connectivity index (χ2v) is 18.7. The van der Waals surface area contributed by atoms with Crippen molar-refractivity contribution >= 4 is 22.2 Å². The highest BCUT2D eigenvalue weighted by atomic mass is 28.3. The molecule has 1 aromatic rings. The van der Waals surface area contributed by atoms with Crippen LogP contribution in [0.5, 0.6) is 0 Å². The lowest BCUT2D eigenvalue weighted by Crippen LogP contribution is -2.16. The molecule has 0 aromatic heterocycles. The molecule has 126 valence electrons. The number of benzene rings is 1. The number of rotatable bonds is 8. The van der Waals surface area contributed by atoms with Crippen LogP contribution in [0.3, 0.4) is 0 Å². The molecular formula is C21H34Si2. The van der Waals surface area contributed by atoms with E-state index in [-0.39, 0.29) is 0 Å². The number of hydrogen-bond acceptors (Lipinski definition) is 0. The minimum absolute atomic E-state index is 0.593. The van der Waals surface area contributed by atoms with Crippen LogP contribution in [0, 0.1) is 5.92 Å². The molecule has 2 heteroatoms. The molecule has 0 aliphatic carbocycles. The van der Waals surface area contributed by atoms with E-state index in [2.05, 4.69) is 105 Å². The third-order valence-electron chi connectivity index (χ3n) is 3.47. The van der Waals surface area contributed by atoms with Crippen molar-refractivity contribution < 1.29 is 0 Å². The van der Waals surface area contributed by atoms with Crippen LogP contribution >= 0.6 is 0 Å². The maximum Gasteiger partial charge on any atom is 0.0682 e. The third kappa shape index (κ3) is 11.1. The van der Waals surface area contributed by atoms with Crippen LogP contribution in [0.2, 0.25) is 39.3 Å². The SMILES string of the molecule is C[Si](C)(C)/C=C/CC(/C=C/c1ccccc1)C/C=C/[Si](C)(C)C. The summed E-state index contributed by atoms with van der Waals surface area (Å²) in [5, 5.41) is 0. The van der Waals surface area contributed by atoms with Crippen molar-refractivity contribution in [2.45, 2.75) is 52.1 Å². The Kier molecular flexibility index (Phi) is 8.00. The molecule has 0 N–H and O–H groups in total. The fraction of sp³-hybridized carbons (Fsp3) is 0.429. The van der Waals surface area contributed by atoms with Crippen molar-refractivity contribution in [1.82, 2.24) is 0 Å². The first-order chi connectivity index (χ1) is 10.7. The van der Waals surface area contributed by atoms with Crippen LogP contribution in [-0.2, 0) is 0 Å². The van der Waals surface area contributed by atoms with Gasteiger partial charge in [0.05, 0.1) is 16.1 Å². The first kappa shape index (κ1) is 19.9. The van der Waals surface area contributed by atoms with Crippen LogP contribution in [0.25, 0.3) is 6.08 Å². The quantitative estimate of drug-likeness (QED) is 0.448. The van der Waals surface area contributed by atoms with E-state index in [1.165, 1.54) is 5.56 Å². The van der Waals surface area contributed by atoms with E-state index in [1.54, 1.807) is 0 Å². The largest absolute Gasteiger partial charge is 0.0989 e. The molecule has 0 aliphatic heterocycles. The van der Waals surface area contributed by atoms with Gasteiger partial charge in [-0.3, -0.25) is 0 Å². The molecule has 0 heterocycles. The molecule has 0 amide bonds. The molecule has 0 unspecified atom stereocenters. The number of allylic oxidation sites excluding steroid dienone is 3. The van der Waals surface area contributed by atoms with Gasteiger partial charge in [-0.15, -0.1) is 0 Å². The summed E-state index contributed by atoms with van der Waals surface area (Å²) in [6, 6.07) is 10.6. The second-order valence-electron chi connectivity index (χ2n) is 8.54. The van der Waals surface area contributed by atoms with E-state index < -0.39 is 16.1 Å². The van der Waals surface area contributed by atoms with Crippen molar-refractivity contribution in [2.75, 3.05) is 0 Å². The standard InChI is InChI=1S/C21H34Si2/c1-22(2,3)18-10-14-21(15-11-19-23(4,5)6)17-16-20-12-8-7-9-13-20/h7-13,16-19,21H,14-15H2,1-6H3/b17-16+,18-10+,19-11+. The maximum atomic E-state index is 2.47. The summed E-state index contributed by atoms with van der Waals surface area (Å²) in [6.45, 7) is 14.4. The predicted molar refractivity (Wildman–Crippen MR) is 113 cm³/mol. The molecule has 0 radical (unpaired) electrons. The summed E-state index contributed by atoms with van der Waals surface area (Å²) < 4.78 is 0. The minimum atomic E-state index is -1.09. The molecule has 0 atom stereocenters. The molecule has 0 saturated carbocycles. The normalized spacial score (nSPS) is 13.9. The van der Waals surface area contributed by atoms with Crippen LogP contribution in [0.15, 0.2) is 60.0 Å². The van der Waals surface area contributed by atoms with Crippen LogP contribution in [0.4, 0.5) is 0 Å². The van der Waals surface area contributed by atoms with Gasteiger partial charge in [-0.05, 0) is 24.3 Å². The molecule has 0 spiro atoms. The molecule has 1 rings (SSSR count). The Hall–Kier alpha value is -1.13. The van der Waals surface area contributed by atoms with Crippen molar-refractivity contribution in [2.24, 2.45) is 5.92 Å². The van der Waals surface area contributed by atoms with E-state index >= 15 is 0 Å². The lowest BCUT2D eigenvalue weighted by atomic mass is 10.00. The van der Waals surface area contributed by atoms with E-state index in [9.17, 15) is 0 Å². The van der Waals surface area contributed by atoms with Gasteiger partial charge in [0, 0.05) is 0 Å². The van der Waals surface area contributed by atoms with Crippen molar-refractivity contribution in [3.05, 3.63) is 65.5 Å². The van der Waals surface area contributed by atoms with E-state index in [1.807, 2.05) is 0 Å². The Balaban J connectivity index is 2.73. The molecule has 0 bridgehead atoms. The van der Waals surface area contributed by atoms with Gasteiger partial charge in [-0.1, -0.05) is 105 Å². The van der Waals surface area contributed by atoms with Gasteiger partial charge in [0.1, 0.15) is 0 Å². The van der Waals surface area contributed by atoms with Gasteiger partial charge in [0.2, 0.25) is 0 Å². The Bertz CT molecular complexity index is 499. The zero-order chi connectivity index (χ0) is 17.3. The molecular weight excluding hydrogens is 308 g/mol. The fourth-order valence-corrected chi connectivity index (χ4v) is 3.94. The summed E-state index contributed by atoms with van der Waals surface area (Å²) in [6.07, 6.45) is 11.8. The van der Waals surface area contributed by atoms with Crippen LogP contribution < -0.4 is 0 Å². The molecule has 0 saturated heterocycles. The molecule has 0 nitrogen and oxygen atoms in total. The van der Waals surface area contributed by atoms with E-state index in [4.69, 9.17) is 0 Å². The predicted octanol–water partition coefficient (Wildman–Crippen LogP) is 6.96. The molecule has 23 heavy (non-hydrogen) atoms. The van der Waals surface area contributed by atoms with Crippen LogP contribution in [0.1, 0.15) is 18.4 Å². The topological polar surface area (TPSA) is 0 Å². The van der Waals surface area contributed by atoms with Crippen LogP contribution in [-0.4, -0.2) is 16.1 Å². The average molecular weight is 343 g/mol. The van der Waals surface area contributed by atoms with Crippen molar-refractivity contribution in [3.63, 3.8) is 0 Å². The Labute approximate surface area is 146 Å². The van der Waals surface area contributed by atoms with Gasteiger partial charge in [0.15, 0.2) is 0 Å². The second kappa shape index (κ2) is 9.24. The maximum absolute atomic E-state index is 2.47. The monoisotopic (exact) mass is 342 g/mol. The molecule has 1 aromatic carbocycles. The van der Waals surface area contributed by atoms with Gasteiger partial charge in [-0.25, -0.2) is 0 Å². The summed E-state index contributed by atoms with van der Waals surface area (Å²) in [5.41, 5.74) is 6.23. The Morgan fingerprint density at radius 2 is 1.26 bits per heavy atom. The highest BCUT2D eigenvalue weighted by Crippen LogP contribution is 2.17. The Morgan fingerprint density at radius 3 is 1.70 bits per heavy atom. The molecule has 0 aliphatic rings. The summed E-state index contributed by atoms with van der Waals surface area (Å²) in [7, 11) is -2.18. The lowest BCUT2D eigenvalue weighted by molar-refractivity contribution is 0.678. The zero-order valence-electron chi connectivity index (χ0n) is 15.8. The van der Waals surface area contributed by atoms with Crippen molar-refractivity contribution in [1.29, 1.82) is 0 Å². The van der Waals surface area contributed by atoms with Gasteiger partial charge >= 0.3 is 0 Å². The van der Waals surface area contributed by atoms with Gasteiger partial charge in [-0.2, -0.15) is 0 Å². The summed E-state index contributed by atoms with van der Waals surface area (Å²) in [5.74, 6) is 0.593. The highest BCUT2D eigenvalue weighted by molar-refractivity contribution is 6.81. The first-order valence-electron chi connectivity index (χ1n) is 8.74. The zero-order valence-corrected chi connectivity index (χ0v) is 17.8. The van der Waals surface area contributed by atoms with E-state index in [0.717, 1.165) is 12.8 Å². The highest BCUT2D eigenvalue weighted by Gasteiger charge is 2.09. The fourth-order valence-electron chi connectivity index (χ4n) is 2.26. The van der Waals surface area contributed by atoms with Crippen molar-refractivity contribution in [3.8, 4) is 0 Å². The third-order valence-corrected chi connectivity index (χ3v) is 5.95. The number of hydrogen-bond donors (Lipinski definition) is 0. The summed E-state index contributed by atoms with van der Waals surface area (Å²) >= 11 is 0. The Morgan fingerprint density at radius 1 is 0.783 bits per heavy atom. The van der Waals surface area contributed by atoms with E-state index in [0.29, 0.717) is 5.92 Å². The first-order valence-corrected chi connectivity index (χ1v) is 15.9. The minimum Gasteiger partial charge on any atom is -0.0989 e. The van der Waals surface area contributed by atoms with Gasteiger partial charge < -0.3 is 0 Å². The van der Waals surface area contributed by atoms with Gasteiger partial charge in [0.25, 0.3) is 0 Å². The lowest BCUT2D eigenvalue weighted by Gasteiger charge is -2.13. The molecule has 0 fully saturated rings. The summed E-state index contributed by atoms with van der Waals surface area (Å²) in [4.78, 5) is 0.